The van der Waals surface area contributed by atoms with Gasteiger partial charge in [-0.1, -0.05) is 42.5 Å². The molecule has 0 aliphatic heterocycles. The Morgan fingerprint density at radius 2 is 1.59 bits per heavy atom. The van der Waals surface area contributed by atoms with Crippen molar-refractivity contribution in [3.63, 3.8) is 0 Å². The third kappa shape index (κ3) is 6.66. The number of carbonyl (C=O) groups is 3. The fraction of sp³-hybridized carbons (Fsp3) is 0.179. The zero-order chi connectivity index (χ0) is 26.0. The fourth-order valence-corrected chi connectivity index (χ4v) is 3.80. The summed E-state index contributed by atoms with van der Waals surface area (Å²) in [5.41, 5.74) is 1.41. The van der Waals surface area contributed by atoms with Crippen molar-refractivity contribution in [3.8, 4) is 5.75 Å². The Kier molecular flexibility index (Phi) is 8.38. The molecule has 0 bridgehead atoms. The van der Waals surface area contributed by atoms with Gasteiger partial charge < -0.3 is 29.1 Å². The zero-order valence-electron chi connectivity index (χ0n) is 20.3. The van der Waals surface area contributed by atoms with Crippen molar-refractivity contribution in [3.05, 3.63) is 114 Å². The Morgan fingerprint density at radius 3 is 2.24 bits per heavy atom. The second-order valence-electron chi connectivity index (χ2n) is 8.14. The SMILES string of the molecule is COc1ccc(CN(C(=O)CNC(=O)c2ccco2)[C@H](C(=O)NCc2ccco2)c2ccccc2)cc1. The normalized spacial score (nSPS) is 11.4. The van der Waals surface area contributed by atoms with Crippen LogP contribution in [0.15, 0.2) is 100 Å². The number of amides is 3. The summed E-state index contributed by atoms with van der Waals surface area (Å²) in [6, 6.07) is 21.8. The van der Waals surface area contributed by atoms with Crippen LogP contribution in [0.4, 0.5) is 0 Å². The number of nitrogens with zero attached hydrogens (tertiary/aromatic N) is 1. The van der Waals surface area contributed by atoms with Crippen LogP contribution in [-0.4, -0.2) is 36.3 Å². The molecule has 0 saturated heterocycles. The summed E-state index contributed by atoms with van der Waals surface area (Å²) in [4.78, 5) is 40.9. The van der Waals surface area contributed by atoms with E-state index in [1.807, 2.05) is 18.2 Å². The molecule has 0 fully saturated rings. The zero-order valence-corrected chi connectivity index (χ0v) is 20.3. The number of rotatable bonds is 11. The monoisotopic (exact) mass is 501 g/mol. The molecule has 0 unspecified atom stereocenters. The number of carbonyl (C=O) groups excluding carboxylic acids is 3. The minimum absolute atomic E-state index is 0.0882. The molecule has 0 aliphatic carbocycles. The van der Waals surface area contributed by atoms with Crippen molar-refractivity contribution in [2.24, 2.45) is 0 Å². The van der Waals surface area contributed by atoms with Crippen molar-refractivity contribution in [2.45, 2.75) is 19.1 Å². The lowest BCUT2D eigenvalue weighted by atomic mass is 10.0. The maximum atomic E-state index is 13.6. The largest absolute Gasteiger partial charge is 0.497 e. The third-order valence-electron chi connectivity index (χ3n) is 5.67. The molecule has 2 heterocycles. The average molecular weight is 502 g/mol. The summed E-state index contributed by atoms with van der Waals surface area (Å²) >= 11 is 0. The van der Waals surface area contributed by atoms with Crippen molar-refractivity contribution >= 4 is 17.7 Å². The van der Waals surface area contributed by atoms with Gasteiger partial charge in [0.1, 0.15) is 17.6 Å². The van der Waals surface area contributed by atoms with Gasteiger partial charge in [0, 0.05) is 6.54 Å². The molecular formula is C28H27N3O6. The van der Waals surface area contributed by atoms with Crippen LogP contribution in [-0.2, 0) is 22.7 Å². The highest BCUT2D eigenvalue weighted by Gasteiger charge is 2.32. The second-order valence-corrected chi connectivity index (χ2v) is 8.14. The van der Waals surface area contributed by atoms with Crippen molar-refractivity contribution in [2.75, 3.05) is 13.7 Å². The highest BCUT2D eigenvalue weighted by molar-refractivity contribution is 5.95. The van der Waals surface area contributed by atoms with Crippen molar-refractivity contribution in [1.82, 2.24) is 15.5 Å². The van der Waals surface area contributed by atoms with Crippen LogP contribution >= 0.6 is 0 Å². The minimum Gasteiger partial charge on any atom is -0.497 e. The van der Waals surface area contributed by atoms with Gasteiger partial charge in [0.05, 0.1) is 32.7 Å². The standard InChI is InChI=1S/C28H27N3O6/c1-35-22-13-11-20(12-14-22)19-31(25(32)18-30-27(33)24-10-6-16-37-24)26(21-7-3-2-4-8-21)28(34)29-17-23-9-5-15-36-23/h2-16,26H,17-19H2,1H3,(H,29,34)(H,30,33)/t26-/m0/s1. The first kappa shape index (κ1) is 25.3. The van der Waals surface area contributed by atoms with E-state index in [-0.39, 0.29) is 31.3 Å². The van der Waals surface area contributed by atoms with Gasteiger partial charge in [-0.05, 0) is 47.5 Å². The molecule has 0 radical (unpaired) electrons. The lowest BCUT2D eigenvalue weighted by Gasteiger charge is -2.31. The number of methoxy groups -OCH3 is 1. The van der Waals surface area contributed by atoms with Gasteiger partial charge in [-0.3, -0.25) is 14.4 Å². The number of nitrogens with one attached hydrogen (secondary N) is 2. The molecule has 4 aromatic rings. The van der Waals surface area contributed by atoms with Crippen LogP contribution in [0.25, 0.3) is 0 Å². The molecule has 190 valence electrons. The van der Waals surface area contributed by atoms with Gasteiger partial charge in [0.25, 0.3) is 5.91 Å². The van der Waals surface area contributed by atoms with Gasteiger partial charge in [-0.25, -0.2) is 0 Å². The van der Waals surface area contributed by atoms with E-state index in [1.54, 1.807) is 61.7 Å². The number of ether oxygens (including phenoxy) is 1. The Bertz CT molecular complexity index is 1290. The Morgan fingerprint density at radius 1 is 0.865 bits per heavy atom. The van der Waals surface area contributed by atoms with Gasteiger partial charge in [-0.15, -0.1) is 0 Å². The molecule has 2 N–H and O–H groups in total. The van der Waals surface area contributed by atoms with E-state index in [1.165, 1.54) is 23.5 Å². The molecule has 3 amide bonds. The molecule has 0 aliphatic rings. The molecule has 2 aromatic carbocycles. The molecule has 1 atom stereocenters. The van der Waals surface area contributed by atoms with Crippen molar-refractivity contribution < 1.29 is 28.0 Å². The second kappa shape index (κ2) is 12.3. The van der Waals surface area contributed by atoms with Crippen molar-refractivity contribution in [1.29, 1.82) is 0 Å². The van der Waals surface area contributed by atoms with Gasteiger partial charge in [-0.2, -0.15) is 0 Å². The lowest BCUT2D eigenvalue weighted by Crippen LogP contribution is -2.46. The van der Waals surface area contributed by atoms with Gasteiger partial charge in [0.15, 0.2) is 5.76 Å². The highest BCUT2D eigenvalue weighted by Crippen LogP contribution is 2.25. The molecule has 9 heteroatoms. The van der Waals surface area contributed by atoms with Crippen LogP contribution in [0.5, 0.6) is 5.75 Å². The summed E-state index contributed by atoms with van der Waals surface area (Å²) < 4.78 is 15.7. The maximum absolute atomic E-state index is 13.6. The number of furan rings is 2. The molecule has 2 aromatic heterocycles. The Balaban J connectivity index is 1.61. The number of hydrogen-bond acceptors (Lipinski definition) is 6. The molecule has 4 rings (SSSR count). The van der Waals surface area contributed by atoms with E-state index in [0.29, 0.717) is 17.1 Å². The van der Waals surface area contributed by atoms with Crippen LogP contribution in [0.1, 0.15) is 33.5 Å². The van der Waals surface area contributed by atoms with E-state index in [0.717, 1.165) is 5.56 Å². The summed E-state index contributed by atoms with van der Waals surface area (Å²) in [6.45, 7) is -0.0490. The lowest BCUT2D eigenvalue weighted by molar-refractivity contribution is -0.141. The number of hydrogen-bond donors (Lipinski definition) is 2. The maximum Gasteiger partial charge on any atom is 0.287 e. The quantitative estimate of drug-likeness (QED) is 0.324. The predicted octanol–water partition coefficient (Wildman–Crippen LogP) is 3.70. The fourth-order valence-electron chi connectivity index (χ4n) is 3.80. The van der Waals surface area contributed by atoms with E-state index < -0.39 is 17.9 Å². The highest BCUT2D eigenvalue weighted by atomic mass is 16.5. The van der Waals surface area contributed by atoms with Crippen LogP contribution in [0.3, 0.4) is 0 Å². The van der Waals surface area contributed by atoms with E-state index in [2.05, 4.69) is 10.6 Å². The van der Waals surface area contributed by atoms with Crippen LogP contribution in [0.2, 0.25) is 0 Å². The minimum atomic E-state index is -0.966. The summed E-state index contributed by atoms with van der Waals surface area (Å²) in [5, 5.41) is 5.44. The first-order valence-electron chi connectivity index (χ1n) is 11.6. The van der Waals surface area contributed by atoms with E-state index in [4.69, 9.17) is 13.6 Å². The predicted molar refractivity (Wildman–Crippen MR) is 134 cm³/mol. The van der Waals surface area contributed by atoms with E-state index >= 15 is 0 Å². The average Bonchev–Trinajstić information content (AvgIpc) is 3.66. The van der Waals surface area contributed by atoms with E-state index in [9.17, 15) is 14.4 Å². The molecule has 37 heavy (non-hydrogen) atoms. The molecule has 0 spiro atoms. The first-order valence-corrected chi connectivity index (χ1v) is 11.6. The summed E-state index contributed by atoms with van der Waals surface area (Å²) in [6.07, 6.45) is 2.90. The van der Waals surface area contributed by atoms with Gasteiger partial charge >= 0.3 is 0 Å². The number of benzene rings is 2. The van der Waals surface area contributed by atoms with Crippen LogP contribution in [0, 0.1) is 0 Å². The van der Waals surface area contributed by atoms with Crippen LogP contribution < -0.4 is 15.4 Å². The molecule has 0 saturated carbocycles. The third-order valence-corrected chi connectivity index (χ3v) is 5.67. The topological polar surface area (TPSA) is 114 Å². The molecule has 9 nitrogen and oxygen atoms in total. The summed E-state index contributed by atoms with van der Waals surface area (Å²) in [7, 11) is 1.57. The first-order chi connectivity index (χ1) is 18.0. The van der Waals surface area contributed by atoms with Gasteiger partial charge in [0.2, 0.25) is 11.8 Å². The Hall–Kier alpha value is -4.79. The Labute approximate surface area is 214 Å². The smallest absolute Gasteiger partial charge is 0.287 e. The molecular weight excluding hydrogens is 474 g/mol. The summed E-state index contributed by atoms with van der Waals surface area (Å²) in [5.74, 6) is -0.0202.